The number of benzene rings is 1. The number of hydrogen-bond donors (Lipinski definition) is 1. The summed E-state index contributed by atoms with van der Waals surface area (Å²) >= 11 is 3.40. The summed E-state index contributed by atoms with van der Waals surface area (Å²) in [7, 11) is 0. The molecular formula is C13H14BrN3O. The summed E-state index contributed by atoms with van der Waals surface area (Å²) in [6.45, 7) is 0. The van der Waals surface area contributed by atoms with Crippen LogP contribution in [0.1, 0.15) is 31.1 Å². The second kappa shape index (κ2) is 4.82. The van der Waals surface area contributed by atoms with Gasteiger partial charge in [0.25, 0.3) is 0 Å². The average Bonchev–Trinajstić information content (AvgIpc) is 2.98. The Morgan fingerprint density at radius 3 is 2.67 bits per heavy atom. The Kier molecular flexibility index (Phi) is 3.18. The van der Waals surface area contributed by atoms with Crippen LogP contribution in [0.4, 0.5) is 0 Å². The van der Waals surface area contributed by atoms with Gasteiger partial charge < -0.3 is 10.3 Å². The number of nitrogens with zero attached hydrogens (tertiary/aromatic N) is 2. The van der Waals surface area contributed by atoms with E-state index in [1.54, 1.807) is 0 Å². The maximum absolute atomic E-state index is 6.04. The van der Waals surface area contributed by atoms with Crippen molar-refractivity contribution < 1.29 is 4.52 Å². The molecule has 5 heteroatoms. The highest BCUT2D eigenvalue weighted by atomic mass is 79.9. The summed E-state index contributed by atoms with van der Waals surface area (Å²) in [5, 5.41) is 4.04. The smallest absolute Gasteiger partial charge is 0.231 e. The third kappa shape index (κ3) is 2.20. The number of halogens is 1. The molecule has 3 rings (SSSR count). The highest BCUT2D eigenvalue weighted by Gasteiger charge is 2.30. The van der Waals surface area contributed by atoms with E-state index in [0.717, 1.165) is 29.3 Å². The van der Waals surface area contributed by atoms with Gasteiger partial charge in [0.05, 0.1) is 5.92 Å². The van der Waals surface area contributed by atoms with E-state index in [2.05, 4.69) is 26.1 Å². The number of nitrogens with two attached hydrogens (primary N) is 1. The monoisotopic (exact) mass is 307 g/mol. The molecular weight excluding hydrogens is 294 g/mol. The van der Waals surface area contributed by atoms with Gasteiger partial charge in [-0.2, -0.15) is 4.98 Å². The van der Waals surface area contributed by atoms with Crippen LogP contribution in [0, 0.1) is 0 Å². The molecule has 1 aliphatic carbocycles. The Morgan fingerprint density at radius 1 is 1.22 bits per heavy atom. The van der Waals surface area contributed by atoms with E-state index in [-0.39, 0.29) is 12.0 Å². The standard InChI is InChI=1S/C13H14BrN3O/c14-9-6-4-8(5-7-9)12-16-13(18-17-12)10-2-1-3-11(10)15/h4-7,10-11H,1-3,15H2. The van der Waals surface area contributed by atoms with Crippen molar-refractivity contribution in [2.45, 2.75) is 31.2 Å². The Morgan fingerprint density at radius 2 is 2.00 bits per heavy atom. The third-order valence-electron chi connectivity index (χ3n) is 3.43. The molecule has 0 bridgehead atoms. The lowest BCUT2D eigenvalue weighted by molar-refractivity contribution is 0.345. The van der Waals surface area contributed by atoms with Crippen LogP contribution >= 0.6 is 15.9 Å². The average molecular weight is 308 g/mol. The lowest BCUT2D eigenvalue weighted by atomic mass is 10.1. The minimum atomic E-state index is 0.156. The van der Waals surface area contributed by atoms with Crippen LogP contribution in [0.15, 0.2) is 33.3 Å². The molecule has 2 N–H and O–H groups in total. The highest BCUT2D eigenvalue weighted by Crippen LogP contribution is 2.33. The zero-order valence-electron chi connectivity index (χ0n) is 9.84. The molecule has 0 radical (unpaired) electrons. The molecule has 2 aromatic rings. The molecule has 0 amide bonds. The van der Waals surface area contributed by atoms with Gasteiger partial charge in [0.15, 0.2) is 0 Å². The fraction of sp³-hybridized carbons (Fsp3) is 0.385. The summed E-state index contributed by atoms with van der Waals surface area (Å²) in [6, 6.07) is 8.02. The van der Waals surface area contributed by atoms with Crippen LogP contribution in [-0.4, -0.2) is 16.2 Å². The lowest BCUT2D eigenvalue weighted by Crippen LogP contribution is -2.22. The molecule has 1 fully saturated rings. The van der Waals surface area contributed by atoms with Crippen LogP contribution < -0.4 is 5.73 Å². The summed E-state index contributed by atoms with van der Waals surface area (Å²) in [4.78, 5) is 4.47. The summed E-state index contributed by atoms with van der Waals surface area (Å²) in [6.07, 6.45) is 3.23. The molecule has 0 saturated heterocycles. The van der Waals surface area contributed by atoms with Crippen molar-refractivity contribution in [3.8, 4) is 11.4 Å². The molecule has 0 aliphatic heterocycles. The van der Waals surface area contributed by atoms with Crippen molar-refractivity contribution in [2.75, 3.05) is 0 Å². The molecule has 1 aliphatic rings. The molecule has 1 aromatic heterocycles. The Bertz CT molecular complexity index is 537. The SMILES string of the molecule is NC1CCCC1c1nc(-c2ccc(Br)cc2)no1. The number of aromatic nitrogens is 2. The zero-order valence-corrected chi connectivity index (χ0v) is 11.4. The maximum atomic E-state index is 6.04. The van der Waals surface area contributed by atoms with Crippen LogP contribution in [0.25, 0.3) is 11.4 Å². The predicted molar refractivity (Wildman–Crippen MR) is 72.0 cm³/mol. The first-order valence-corrected chi connectivity index (χ1v) is 6.88. The largest absolute Gasteiger partial charge is 0.339 e. The normalized spacial score (nSPS) is 23.4. The van der Waals surface area contributed by atoms with Gasteiger partial charge in [-0.15, -0.1) is 0 Å². The van der Waals surface area contributed by atoms with Gasteiger partial charge in [0, 0.05) is 16.1 Å². The molecule has 0 spiro atoms. The maximum Gasteiger partial charge on any atom is 0.231 e. The number of rotatable bonds is 2. The van der Waals surface area contributed by atoms with E-state index in [0.29, 0.717) is 11.7 Å². The molecule has 1 aromatic carbocycles. The predicted octanol–water partition coefficient (Wildman–Crippen LogP) is 3.09. The Labute approximate surface area is 114 Å². The van der Waals surface area contributed by atoms with Gasteiger partial charge in [0.1, 0.15) is 0 Å². The van der Waals surface area contributed by atoms with E-state index < -0.39 is 0 Å². The van der Waals surface area contributed by atoms with Crippen molar-refractivity contribution >= 4 is 15.9 Å². The van der Waals surface area contributed by atoms with Gasteiger partial charge >= 0.3 is 0 Å². The van der Waals surface area contributed by atoms with E-state index >= 15 is 0 Å². The van der Waals surface area contributed by atoms with E-state index in [4.69, 9.17) is 10.3 Å². The zero-order chi connectivity index (χ0) is 12.5. The van der Waals surface area contributed by atoms with Crippen LogP contribution in [0.5, 0.6) is 0 Å². The fourth-order valence-corrected chi connectivity index (χ4v) is 2.66. The summed E-state index contributed by atoms with van der Waals surface area (Å²) in [5.74, 6) is 1.54. The minimum Gasteiger partial charge on any atom is -0.339 e. The van der Waals surface area contributed by atoms with Gasteiger partial charge in [-0.3, -0.25) is 0 Å². The molecule has 2 unspecified atom stereocenters. The van der Waals surface area contributed by atoms with E-state index in [1.165, 1.54) is 0 Å². The summed E-state index contributed by atoms with van der Waals surface area (Å²) < 4.78 is 6.39. The first-order chi connectivity index (χ1) is 8.74. The first-order valence-electron chi connectivity index (χ1n) is 6.09. The molecule has 94 valence electrons. The van der Waals surface area contributed by atoms with Gasteiger partial charge in [-0.25, -0.2) is 0 Å². The van der Waals surface area contributed by atoms with E-state index in [9.17, 15) is 0 Å². The van der Waals surface area contributed by atoms with E-state index in [1.807, 2.05) is 24.3 Å². The lowest BCUT2D eigenvalue weighted by Gasteiger charge is -2.08. The van der Waals surface area contributed by atoms with Crippen molar-refractivity contribution in [3.05, 3.63) is 34.6 Å². The van der Waals surface area contributed by atoms with Gasteiger partial charge in [-0.1, -0.05) is 27.5 Å². The van der Waals surface area contributed by atoms with Crippen molar-refractivity contribution in [2.24, 2.45) is 5.73 Å². The molecule has 1 saturated carbocycles. The van der Waals surface area contributed by atoms with Crippen molar-refractivity contribution in [3.63, 3.8) is 0 Å². The first kappa shape index (κ1) is 11.9. The van der Waals surface area contributed by atoms with Crippen LogP contribution in [0.3, 0.4) is 0 Å². The number of hydrogen-bond acceptors (Lipinski definition) is 4. The Hall–Kier alpha value is -1.20. The Balaban J connectivity index is 1.87. The topological polar surface area (TPSA) is 64.9 Å². The second-order valence-electron chi connectivity index (χ2n) is 4.66. The molecule has 4 nitrogen and oxygen atoms in total. The summed E-state index contributed by atoms with van der Waals surface area (Å²) in [5.41, 5.74) is 7.00. The third-order valence-corrected chi connectivity index (χ3v) is 3.96. The van der Waals surface area contributed by atoms with Gasteiger partial charge in [-0.05, 0) is 37.1 Å². The minimum absolute atomic E-state index is 0.156. The molecule has 2 atom stereocenters. The second-order valence-corrected chi connectivity index (χ2v) is 5.58. The molecule has 18 heavy (non-hydrogen) atoms. The van der Waals surface area contributed by atoms with Crippen molar-refractivity contribution in [1.29, 1.82) is 0 Å². The fourth-order valence-electron chi connectivity index (χ4n) is 2.40. The highest BCUT2D eigenvalue weighted by molar-refractivity contribution is 9.10. The van der Waals surface area contributed by atoms with Crippen LogP contribution in [-0.2, 0) is 0 Å². The quantitative estimate of drug-likeness (QED) is 0.926. The molecule has 1 heterocycles. The van der Waals surface area contributed by atoms with Crippen molar-refractivity contribution in [1.82, 2.24) is 10.1 Å². The van der Waals surface area contributed by atoms with Crippen LogP contribution in [0.2, 0.25) is 0 Å². The van der Waals surface area contributed by atoms with Gasteiger partial charge in [0.2, 0.25) is 11.7 Å².